The second-order valence-corrected chi connectivity index (χ2v) is 5.57. The number of unbranched alkanes of at least 4 members (excludes halogenated alkanes) is 1. The number of ether oxygens (including phenoxy) is 1. The third-order valence-electron chi connectivity index (χ3n) is 4.18. The van der Waals surface area contributed by atoms with Gasteiger partial charge in [-0.3, -0.25) is 4.90 Å². The van der Waals surface area contributed by atoms with Gasteiger partial charge in [0.1, 0.15) is 0 Å². The van der Waals surface area contributed by atoms with E-state index in [0.717, 1.165) is 19.6 Å². The predicted molar refractivity (Wildman–Crippen MR) is 81.5 cm³/mol. The van der Waals surface area contributed by atoms with Crippen LogP contribution in [0.5, 0.6) is 0 Å². The Balaban J connectivity index is 2.26. The molecule has 0 radical (unpaired) electrons. The lowest BCUT2D eigenvalue weighted by Gasteiger charge is -2.29. The van der Waals surface area contributed by atoms with Crippen molar-refractivity contribution in [2.24, 2.45) is 5.73 Å². The zero-order valence-electron chi connectivity index (χ0n) is 12.9. The van der Waals surface area contributed by atoms with Gasteiger partial charge in [-0.05, 0) is 58.3 Å². The highest BCUT2D eigenvalue weighted by Crippen LogP contribution is 2.12. The molecular weight excluding hydrogens is 238 g/mol. The molecule has 1 aliphatic rings. The van der Waals surface area contributed by atoms with E-state index in [1.54, 1.807) is 7.11 Å². The van der Waals surface area contributed by atoms with Gasteiger partial charge in [0, 0.05) is 32.8 Å². The maximum atomic E-state index is 5.72. The molecule has 1 rings (SSSR count). The fourth-order valence-electron chi connectivity index (χ4n) is 3.00. The molecule has 1 atom stereocenters. The fraction of sp³-hybridized carbons (Fsp3) is 1.00. The Labute approximate surface area is 119 Å². The van der Waals surface area contributed by atoms with E-state index >= 15 is 0 Å². The Morgan fingerprint density at radius 3 is 2.68 bits per heavy atom. The lowest BCUT2D eigenvalue weighted by Crippen LogP contribution is -2.39. The second kappa shape index (κ2) is 10.6. The van der Waals surface area contributed by atoms with Crippen molar-refractivity contribution >= 4 is 0 Å². The van der Waals surface area contributed by atoms with Crippen LogP contribution >= 0.6 is 0 Å². The van der Waals surface area contributed by atoms with Crippen LogP contribution in [0.3, 0.4) is 0 Å². The van der Waals surface area contributed by atoms with E-state index in [0.29, 0.717) is 6.04 Å². The first-order valence-electron chi connectivity index (χ1n) is 7.97. The van der Waals surface area contributed by atoms with E-state index in [-0.39, 0.29) is 0 Å². The summed E-state index contributed by atoms with van der Waals surface area (Å²) in [6.45, 7) is 10.1. The average molecular weight is 271 g/mol. The van der Waals surface area contributed by atoms with E-state index < -0.39 is 0 Å². The minimum atomic E-state index is 0.693. The topological polar surface area (TPSA) is 41.7 Å². The Morgan fingerprint density at radius 2 is 2.00 bits per heavy atom. The summed E-state index contributed by atoms with van der Waals surface area (Å²) in [7, 11) is 1.78. The van der Waals surface area contributed by atoms with Crippen LogP contribution in [0.4, 0.5) is 0 Å². The third-order valence-corrected chi connectivity index (χ3v) is 4.18. The monoisotopic (exact) mass is 271 g/mol. The van der Waals surface area contributed by atoms with Crippen molar-refractivity contribution in [1.82, 2.24) is 9.80 Å². The first-order chi connectivity index (χ1) is 9.31. The van der Waals surface area contributed by atoms with Crippen LogP contribution in [-0.2, 0) is 4.74 Å². The van der Waals surface area contributed by atoms with Crippen molar-refractivity contribution < 1.29 is 4.74 Å². The van der Waals surface area contributed by atoms with E-state index in [2.05, 4.69) is 16.7 Å². The molecule has 0 spiro atoms. The van der Waals surface area contributed by atoms with Crippen molar-refractivity contribution in [1.29, 1.82) is 0 Å². The normalized spacial score (nSPS) is 20.4. The van der Waals surface area contributed by atoms with Gasteiger partial charge in [0.25, 0.3) is 0 Å². The van der Waals surface area contributed by atoms with Gasteiger partial charge in [-0.2, -0.15) is 0 Å². The number of nitrogens with two attached hydrogens (primary N) is 1. The zero-order chi connectivity index (χ0) is 13.9. The summed E-state index contributed by atoms with van der Waals surface area (Å²) in [4.78, 5) is 5.27. The summed E-state index contributed by atoms with van der Waals surface area (Å²) in [6, 6.07) is 0.693. The molecule has 0 saturated carbocycles. The van der Waals surface area contributed by atoms with Crippen LogP contribution < -0.4 is 5.73 Å². The summed E-state index contributed by atoms with van der Waals surface area (Å²) in [5.41, 5.74) is 5.72. The third kappa shape index (κ3) is 6.70. The smallest absolute Gasteiger partial charge is 0.0462 e. The number of nitrogens with zero attached hydrogens (tertiary/aromatic N) is 2. The molecule has 2 N–H and O–H groups in total. The summed E-state index contributed by atoms with van der Waals surface area (Å²) < 4.78 is 5.11. The maximum Gasteiger partial charge on any atom is 0.0462 e. The molecule has 0 aromatic rings. The van der Waals surface area contributed by atoms with E-state index in [4.69, 9.17) is 10.5 Å². The highest BCUT2D eigenvalue weighted by Gasteiger charge is 2.19. The first-order valence-corrected chi connectivity index (χ1v) is 7.97. The van der Waals surface area contributed by atoms with Crippen molar-refractivity contribution in [2.75, 3.05) is 53.0 Å². The van der Waals surface area contributed by atoms with Crippen LogP contribution in [0.1, 0.15) is 39.0 Å². The molecular formula is C15H33N3O. The standard InChI is InChI=1S/C15H33N3O/c1-3-15(7-8-16)18-11-6-10-17(12-13-18)9-4-5-14-19-2/h15H,3-14,16H2,1-2H3. The summed E-state index contributed by atoms with van der Waals surface area (Å²) in [6.07, 6.45) is 6.11. The molecule has 0 aliphatic carbocycles. The van der Waals surface area contributed by atoms with E-state index in [9.17, 15) is 0 Å². The Morgan fingerprint density at radius 1 is 1.16 bits per heavy atom. The van der Waals surface area contributed by atoms with Gasteiger partial charge in [0.15, 0.2) is 0 Å². The van der Waals surface area contributed by atoms with Crippen molar-refractivity contribution in [3.05, 3.63) is 0 Å². The van der Waals surface area contributed by atoms with Crippen LogP contribution in [0.15, 0.2) is 0 Å². The number of hydrogen-bond acceptors (Lipinski definition) is 4. The van der Waals surface area contributed by atoms with Crippen LogP contribution in [-0.4, -0.2) is 68.8 Å². The molecule has 0 amide bonds. The highest BCUT2D eigenvalue weighted by atomic mass is 16.5. The fourth-order valence-corrected chi connectivity index (χ4v) is 3.00. The molecule has 1 aliphatic heterocycles. The molecule has 4 heteroatoms. The van der Waals surface area contributed by atoms with Gasteiger partial charge in [-0.1, -0.05) is 6.92 Å². The minimum Gasteiger partial charge on any atom is -0.385 e. The molecule has 0 aromatic heterocycles. The van der Waals surface area contributed by atoms with Gasteiger partial charge in [-0.25, -0.2) is 0 Å². The lowest BCUT2D eigenvalue weighted by molar-refractivity contribution is 0.176. The average Bonchev–Trinajstić information content (AvgIpc) is 2.66. The highest BCUT2D eigenvalue weighted by molar-refractivity contribution is 4.76. The summed E-state index contributed by atoms with van der Waals surface area (Å²) in [5.74, 6) is 0. The molecule has 1 heterocycles. The molecule has 1 fully saturated rings. The van der Waals surface area contributed by atoms with Gasteiger partial charge >= 0.3 is 0 Å². The van der Waals surface area contributed by atoms with Crippen LogP contribution in [0.25, 0.3) is 0 Å². The van der Waals surface area contributed by atoms with Gasteiger partial charge < -0.3 is 15.4 Å². The van der Waals surface area contributed by atoms with Crippen molar-refractivity contribution in [3.8, 4) is 0 Å². The molecule has 0 aromatic carbocycles. The van der Waals surface area contributed by atoms with Crippen molar-refractivity contribution in [2.45, 2.75) is 45.1 Å². The first kappa shape index (κ1) is 16.9. The SMILES string of the molecule is CCC(CCN)N1CCCN(CCCCOC)CC1. The molecule has 114 valence electrons. The summed E-state index contributed by atoms with van der Waals surface area (Å²) >= 11 is 0. The van der Waals surface area contributed by atoms with Crippen LogP contribution in [0, 0.1) is 0 Å². The number of methoxy groups -OCH3 is 1. The van der Waals surface area contributed by atoms with Gasteiger partial charge in [-0.15, -0.1) is 0 Å². The Kier molecular flexibility index (Phi) is 9.43. The zero-order valence-corrected chi connectivity index (χ0v) is 12.9. The number of rotatable bonds is 9. The van der Waals surface area contributed by atoms with E-state index in [1.165, 1.54) is 58.4 Å². The Hall–Kier alpha value is -0.160. The molecule has 1 saturated heterocycles. The number of hydrogen-bond donors (Lipinski definition) is 1. The van der Waals surface area contributed by atoms with Crippen molar-refractivity contribution in [3.63, 3.8) is 0 Å². The van der Waals surface area contributed by atoms with Crippen LogP contribution in [0.2, 0.25) is 0 Å². The molecule has 0 bridgehead atoms. The maximum absolute atomic E-state index is 5.72. The molecule has 19 heavy (non-hydrogen) atoms. The molecule has 1 unspecified atom stereocenters. The Bertz CT molecular complexity index is 214. The minimum absolute atomic E-state index is 0.693. The lowest BCUT2D eigenvalue weighted by atomic mass is 10.1. The molecule has 4 nitrogen and oxygen atoms in total. The van der Waals surface area contributed by atoms with Gasteiger partial charge in [0.05, 0.1) is 0 Å². The van der Waals surface area contributed by atoms with E-state index in [1.807, 2.05) is 0 Å². The second-order valence-electron chi connectivity index (χ2n) is 5.57. The quantitative estimate of drug-likeness (QED) is 0.646. The predicted octanol–water partition coefficient (Wildman–Crippen LogP) is 1.55. The summed E-state index contributed by atoms with van der Waals surface area (Å²) in [5, 5.41) is 0. The van der Waals surface area contributed by atoms with Gasteiger partial charge in [0.2, 0.25) is 0 Å². The largest absolute Gasteiger partial charge is 0.385 e.